The molecule has 3 nitrogen and oxygen atoms in total. The molecule has 0 atom stereocenters. The van der Waals surface area contributed by atoms with Crippen LogP contribution in [0.15, 0.2) is 35.4 Å². The number of nitrogens with zero attached hydrogens (tertiary/aromatic N) is 2. The summed E-state index contributed by atoms with van der Waals surface area (Å²) in [4.78, 5) is 16.3. The zero-order valence-corrected chi connectivity index (χ0v) is 13.5. The molecule has 0 aliphatic carbocycles. The molecular formula is C15H17IN2O. The molecule has 0 radical (unpaired) electrons. The molecule has 1 heterocycles. The minimum atomic E-state index is 0.0287. The van der Waals surface area contributed by atoms with Crippen LogP contribution < -0.4 is 5.56 Å². The van der Waals surface area contributed by atoms with Crippen molar-refractivity contribution in [3.05, 3.63) is 61.3 Å². The third-order valence-corrected chi connectivity index (χ3v) is 4.40. The van der Waals surface area contributed by atoms with E-state index in [0.29, 0.717) is 16.0 Å². The Labute approximate surface area is 126 Å². The van der Waals surface area contributed by atoms with E-state index in [0.717, 1.165) is 11.3 Å². The second kappa shape index (κ2) is 5.86. The quantitative estimate of drug-likeness (QED) is 0.779. The third-order valence-electron chi connectivity index (χ3n) is 3.16. The Morgan fingerprint density at radius 3 is 2.47 bits per heavy atom. The minimum Gasteiger partial charge on any atom is -0.294 e. The van der Waals surface area contributed by atoms with Gasteiger partial charge in [0.15, 0.2) is 0 Å². The Morgan fingerprint density at radius 2 is 1.89 bits per heavy atom. The van der Waals surface area contributed by atoms with Crippen LogP contribution in [0.25, 0.3) is 0 Å². The lowest BCUT2D eigenvalue weighted by atomic mass is 10.0. The first-order valence-corrected chi connectivity index (χ1v) is 7.37. The third kappa shape index (κ3) is 3.23. The highest BCUT2D eigenvalue weighted by atomic mass is 127. The van der Waals surface area contributed by atoms with Crippen LogP contribution >= 0.6 is 22.6 Å². The number of rotatable bonds is 3. The molecule has 0 unspecified atom stereocenters. The summed E-state index contributed by atoms with van der Waals surface area (Å²) in [6.45, 7) is 6.77. The Hall–Kier alpha value is -1.17. The minimum absolute atomic E-state index is 0.0287. The van der Waals surface area contributed by atoms with E-state index in [1.165, 1.54) is 5.56 Å². The van der Waals surface area contributed by atoms with Gasteiger partial charge in [-0.1, -0.05) is 38.1 Å². The number of halogens is 1. The van der Waals surface area contributed by atoms with E-state index in [-0.39, 0.29) is 5.56 Å². The van der Waals surface area contributed by atoms with Gasteiger partial charge in [-0.25, -0.2) is 4.98 Å². The standard InChI is InChI=1S/C15H17IN2O/c1-10(2)13-6-4-12(5-7-13)8-18-9-17-11(3)14(16)15(18)19/h4-7,9-10H,8H2,1-3H3. The van der Waals surface area contributed by atoms with Crippen molar-refractivity contribution < 1.29 is 0 Å². The van der Waals surface area contributed by atoms with E-state index in [4.69, 9.17) is 0 Å². The average molecular weight is 368 g/mol. The molecule has 100 valence electrons. The lowest BCUT2D eigenvalue weighted by Gasteiger charge is -2.09. The maximum atomic E-state index is 12.1. The van der Waals surface area contributed by atoms with Crippen LogP contribution in [0.1, 0.15) is 36.6 Å². The molecule has 2 rings (SSSR count). The van der Waals surface area contributed by atoms with E-state index in [1.807, 2.05) is 6.92 Å². The van der Waals surface area contributed by atoms with Crippen molar-refractivity contribution in [2.24, 2.45) is 0 Å². The van der Waals surface area contributed by atoms with Gasteiger partial charge in [-0.3, -0.25) is 9.36 Å². The van der Waals surface area contributed by atoms with Gasteiger partial charge in [-0.05, 0) is 46.6 Å². The van der Waals surface area contributed by atoms with Crippen LogP contribution in [0.5, 0.6) is 0 Å². The summed E-state index contributed by atoms with van der Waals surface area (Å²) in [6, 6.07) is 8.40. The normalized spacial score (nSPS) is 11.0. The van der Waals surface area contributed by atoms with Gasteiger partial charge < -0.3 is 0 Å². The zero-order chi connectivity index (χ0) is 14.0. The van der Waals surface area contributed by atoms with Crippen molar-refractivity contribution in [2.75, 3.05) is 0 Å². The van der Waals surface area contributed by atoms with Crippen molar-refractivity contribution in [3.63, 3.8) is 0 Å². The topological polar surface area (TPSA) is 34.9 Å². The van der Waals surface area contributed by atoms with Crippen LogP contribution in [0.3, 0.4) is 0 Å². The number of hydrogen-bond acceptors (Lipinski definition) is 2. The Kier molecular flexibility index (Phi) is 4.39. The van der Waals surface area contributed by atoms with E-state index >= 15 is 0 Å². The van der Waals surface area contributed by atoms with Crippen LogP contribution in [-0.2, 0) is 6.54 Å². The monoisotopic (exact) mass is 368 g/mol. The average Bonchev–Trinajstić information content (AvgIpc) is 2.40. The van der Waals surface area contributed by atoms with Gasteiger partial charge >= 0.3 is 0 Å². The highest BCUT2D eigenvalue weighted by molar-refractivity contribution is 14.1. The molecular weight excluding hydrogens is 351 g/mol. The largest absolute Gasteiger partial charge is 0.294 e. The molecule has 0 N–H and O–H groups in total. The summed E-state index contributed by atoms with van der Waals surface area (Å²) in [5.41, 5.74) is 3.25. The summed E-state index contributed by atoms with van der Waals surface area (Å²) in [5.74, 6) is 0.527. The van der Waals surface area contributed by atoms with Gasteiger partial charge in [0.1, 0.15) is 0 Å². The number of benzene rings is 1. The van der Waals surface area contributed by atoms with Crippen LogP contribution in [0, 0.1) is 10.5 Å². The highest BCUT2D eigenvalue weighted by Crippen LogP contribution is 2.15. The van der Waals surface area contributed by atoms with Gasteiger partial charge in [0.2, 0.25) is 0 Å². The fourth-order valence-electron chi connectivity index (χ4n) is 1.86. The summed E-state index contributed by atoms with van der Waals surface area (Å²) >= 11 is 2.06. The fraction of sp³-hybridized carbons (Fsp3) is 0.333. The molecule has 0 bridgehead atoms. The molecule has 0 amide bonds. The molecule has 0 aliphatic rings. The van der Waals surface area contributed by atoms with Gasteiger partial charge in [-0.15, -0.1) is 0 Å². The molecule has 0 aliphatic heterocycles. The summed E-state index contributed by atoms with van der Waals surface area (Å²) < 4.78 is 2.35. The Morgan fingerprint density at radius 1 is 1.26 bits per heavy atom. The molecule has 0 spiro atoms. The van der Waals surface area contributed by atoms with Gasteiger partial charge in [0.25, 0.3) is 5.56 Å². The lowest BCUT2D eigenvalue weighted by molar-refractivity contribution is 0.723. The van der Waals surface area contributed by atoms with Gasteiger partial charge in [0, 0.05) is 0 Å². The van der Waals surface area contributed by atoms with Crippen LogP contribution in [0.4, 0.5) is 0 Å². The van der Waals surface area contributed by atoms with Gasteiger partial charge in [0.05, 0.1) is 22.1 Å². The molecule has 4 heteroatoms. The highest BCUT2D eigenvalue weighted by Gasteiger charge is 2.06. The summed E-state index contributed by atoms with van der Waals surface area (Å²) in [6.07, 6.45) is 1.62. The molecule has 19 heavy (non-hydrogen) atoms. The number of aryl methyl sites for hydroxylation is 1. The zero-order valence-electron chi connectivity index (χ0n) is 11.4. The predicted octanol–water partition coefficient (Wildman–Crippen LogP) is 3.33. The second-order valence-electron chi connectivity index (χ2n) is 4.97. The number of hydrogen-bond donors (Lipinski definition) is 0. The number of aromatic nitrogens is 2. The van der Waals surface area contributed by atoms with Crippen LogP contribution in [0.2, 0.25) is 0 Å². The lowest BCUT2D eigenvalue weighted by Crippen LogP contribution is -2.24. The van der Waals surface area contributed by atoms with E-state index in [1.54, 1.807) is 10.9 Å². The SMILES string of the molecule is Cc1ncn(Cc2ccc(C(C)C)cc2)c(=O)c1I. The van der Waals surface area contributed by atoms with Gasteiger partial charge in [-0.2, -0.15) is 0 Å². The molecule has 0 saturated carbocycles. The summed E-state index contributed by atoms with van der Waals surface area (Å²) in [7, 11) is 0. The van der Waals surface area contributed by atoms with Crippen molar-refractivity contribution in [1.82, 2.24) is 9.55 Å². The maximum Gasteiger partial charge on any atom is 0.267 e. The predicted molar refractivity (Wildman–Crippen MR) is 85.6 cm³/mol. The Balaban J connectivity index is 2.27. The van der Waals surface area contributed by atoms with E-state index in [2.05, 4.69) is 65.7 Å². The van der Waals surface area contributed by atoms with Crippen molar-refractivity contribution in [1.29, 1.82) is 0 Å². The van der Waals surface area contributed by atoms with E-state index in [9.17, 15) is 4.79 Å². The fourth-order valence-corrected chi connectivity index (χ4v) is 2.31. The first kappa shape index (κ1) is 14.2. The Bertz CT molecular complexity index is 630. The van der Waals surface area contributed by atoms with Crippen molar-refractivity contribution in [2.45, 2.75) is 33.2 Å². The second-order valence-corrected chi connectivity index (χ2v) is 6.05. The molecule has 0 saturated heterocycles. The molecule has 2 aromatic rings. The maximum absolute atomic E-state index is 12.1. The summed E-state index contributed by atoms with van der Waals surface area (Å²) in [5, 5.41) is 0. The van der Waals surface area contributed by atoms with Crippen molar-refractivity contribution in [3.8, 4) is 0 Å². The molecule has 1 aromatic carbocycles. The first-order chi connectivity index (χ1) is 8.99. The first-order valence-electron chi connectivity index (χ1n) is 6.29. The molecule has 0 fully saturated rings. The van der Waals surface area contributed by atoms with Crippen LogP contribution in [-0.4, -0.2) is 9.55 Å². The smallest absolute Gasteiger partial charge is 0.267 e. The van der Waals surface area contributed by atoms with Crippen molar-refractivity contribution >= 4 is 22.6 Å². The molecule has 1 aromatic heterocycles. The van der Waals surface area contributed by atoms with E-state index < -0.39 is 0 Å².